The smallest absolute Gasteiger partial charge is 0.253 e. The van der Waals surface area contributed by atoms with Gasteiger partial charge in [0.1, 0.15) is 17.8 Å². The van der Waals surface area contributed by atoms with Crippen molar-refractivity contribution in [1.29, 1.82) is 0 Å². The average Bonchev–Trinajstić information content (AvgIpc) is 3.13. The lowest BCUT2D eigenvalue weighted by Crippen LogP contribution is -2.58. The van der Waals surface area contributed by atoms with Gasteiger partial charge in [-0.05, 0) is 52.5 Å². The van der Waals surface area contributed by atoms with E-state index in [1.54, 1.807) is 0 Å². The van der Waals surface area contributed by atoms with Crippen molar-refractivity contribution in [1.82, 2.24) is 20.9 Å². The number of amides is 5. The largest absolute Gasteiger partial charge is 0.391 e. The number of aliphatic hydroxyl groups excluding tert-OH is 1. The molecule has 0 aromatic heterocycles. The zero-order valence-corrected chi connectivity index (χ0v) is 21.2. The molecular weight excluding hydrogens is 469 g/mol. The summed E-state index contributed by atoms with van der Waals surface area (Å²) >= 11 is 0. The Kier molecular flexibility index (Phi) is 13.6. The first kappa shape index (κ1) is 31.0. The van der Waals surface area contributed by atoms with Gasteiger partial charge in [-0.3, -0.25) is 28.9 Å². The molecule has 0 fully saturated rings. The van der Waals surface area contributed by atoms with Gasteiger partial charge in [0, 0.05) is 25.1 Å². The molecule has 1 aliphatic rings. The third kappa shape index (κ3) is 10.7. The van der Waals surface area contributed by atoms with E-state index in [9.17, 15) is 33.9 Å². The first-order valence-electron chi connectivity index (χ1n) is 12.3. The van der Waals surface area contributed by atoms with Crippen molar-refractivity contribution in [3.8, 4) is 0 Å². The normalized spacial score (nSPS) is 16.3. The van der Waals surface area contributed by atoms with E-state index in [1.165, 1.54) is 33.8 Å². The number of nitrogens with zero attached hydrogens (tertiary/aromatic N) is 1. The van der Waals surface area contributed by atoms with E-state index in [1.807, 2.05) is 0 Å². The lowest BCUT2D eigenvalue weighted by atomic mass is 9.96. The second kappa shape index (κ2) is 15.8. The van der Waals surface area contributed by atoms with Crippen LogP contribution in [0.4, 0.5) is 0 Å². The fourth-order valence-corrected chi connectivity index (χ4v) is 3.47. The molecule has 0 saturated carbocycles. The highest BCUT2D eigenvalue weighted by atomic mass is 16.3. The van der Waals surface area contributed by atoms with Gasteiger partial charge >= 0.3 is 0 Å². The summed E-state index contributed by atoms with van der Waals surface area (Å²) in [6, 6.07) is -2.97. The van der Waals surface area contributed by atoms with Gasteiger partial charge in [0.05, 0.1) is 12.1 Å². The fraction of sp³-hybridized carbons (Fsp3) is 0.652. The molecule has 0 bridgehead atoms. The number of nitrogens with two attached hydrogens (primary N) is 1. The third-order valence-corrected chi connectivity index (χ3v) is 5.82. The Morgan fingerprint density at radius 2 is 1.58 bits per heavy atom. The number of hydrogen-bond donors (Lipinski definition) is 5. The van der Waals surface area contributed by atoms with Crippen LogP contribution in [0.15, 0.2) is 12.2 Å². The lowest BCUT2D eigenvalue weighted by Gasteiger charge is -2.25. The SMILES string of the molecule is BC(=O)[C@@H](C)NC(=O)[C@H](CCCCN)NC(=O)[C@@H](NC(=O)CCCCCN1C(=O)C=CC1=O)[C@@H](C)O. The highest BCUT2D eigenvalue weighted by Gasteiger charge is 2.30. The number of aliphatic hydroxyl groups is 1. The Morgan fingerprint density at radius 1 is 0.944 bits per heavy atom. The summed E-state index contributed by atoms with van der Waals surface area (Å²) in [6.07, 6.45) is 4.31. The molecule has 36 heavy (non-hydrogen) atoms. The minimum Gasteiger partial charge on any atom is -0.391 e. The molecule has 13 heteroatoms. The van der Waals surface area contributed by atoms with Crippen LogP contribution in [0, 0.1) is 0 Å². The molecule has 200 valence electrons. The van der Waals surface area contributed by atoms with E-state index in [2.05, 4.69) is 16.0 Å². The van der Waals surface area contributed by atoms with Gasteiger partial charge in [-0.1, -0.05) is 6.42 Å². The van der Waals surface area contributed by atoms with Gasteiger partial charge in [-0.25, -0.2) is 0 Å². The summed E-state index contributed by atoms with van der Waals surface area (Å²) in [7, 11) is 1.34. The highest BCUT2D eigenvalue weighted by molar-refractivity contribution is 6.59. The summed E-state index contributed by atoms with van der Waals surface area (Å²) in [4.78, 5) is 73.5. The van der Waals surface area contributed by atoms with E-state index >= 15 is 0 Å². The van der Waals surface area contributed by atoms with Crippen LogP contribution in [-0.4, -0.2) is 90.4 Å². The molecule has 0 aliphatic carbocycles. The molecule has 0 spiro atoms. The van der Waals surface area contributed by atoms with Crippen LogP contribution in [0.25, 0.3) is 0 Å². The van der Waals surface area contributed by atoms with Gasteiger partial charge < -0.3 is 31.6 Å². The van der Waals surface area contributed by atoms with Crippen molar-refractivity contribution in [3.05, 3.63) is 12.2 Å². The molecule has 1 rings (SSSR count). The molecular formula is C23H38BN5O7. The van der Waals surface area contributed by atoms with Crippen LogP contribution in [0.3, 0.4) is 0 Å². The monoisotopic (exact) mass is 507 g/mol. The van der Waals surface area contributed by atoms with E-state index in [0.29, 0.717) is 38.6 Å². The van der Waals surface area contributed by atoms with Gasteiger partial charge in [-0.15, -0.1) is 0 Å². The van der Waals surface area contributed by atoms with Crippen LogP contribution in [-0.2, 0) is 28.8 Å². The quantitative estimate of drug-likeness (QED) is 0.0819. The number of carbonyl (C=O) groups excluding carboxylic acids is 6. The van der Waals surface area contributed by atoms with Crippen LogP contribution < -0.4 is 21.7 Å². The zero-order valence-electron chi connectivity index (χ0n) is 21.2. The third-order valence-electron chi connectivity index (χ3n) is 5.82. The first-order chi connectivity index (χ1) is 17.0. The topological polar surface area (TPSA) is 188 Å². The molecule has 0 aromatic rings. The summed E-state index contributed by atoms with van der Waals surface area (Å²) in [5.41, 5.74) is 5.27. The van der Waals surface area contributed by atoms with E-state index < -0.39 is 42.0 Å². The summed E-state index contributed by atoms with van der Waals surface area (Å²) in [5.74, 6) is -2.42. The number of unbranched alkanes of at least 4 members (excludes halogenated alkanes) is 3. The molecule has 0 radical (unpaired) electrons. The molecule has 12 nitrogen and oxygen atoms in total. The second-order valence-electron chi connectivity index (χ2n) is 8.94. The van der Waals surface area contributed by atoms with Crippen LogP contribution in [0.2, 0.25) is 0 Å². The van der Waals surface area contributed by atoms with Gasteiger partial charge in [0.15, 0.2) is 7.85 Å². The Morgan fingerprint density at radius 3 is 2.14 bits per heavy atom. The van der Waals surface area contributed by atoms with Crippen LogP contribution in [0.5, 0.6) is 0 Å². The number of imide groups is 1. The predicted octanol–water partition coefficient (Wildman–Crippen LogP) is -2.38. The Balaban J connectivity index is 2.59. The molecule has 0 aromatic carbocycles. The predicted molar refractivity (Wildman–Crippen MR) is 134 cm³/mol. The maximum Gasteiger partial charge on any atom is 0.253 e. The maximum atomic E-state index is 12.8. The van der Waals surface area contributed by atoms with E-state index in [4.69, 9.17) is 5.73 Å². The number of rotatable bonds is 17. The second-order valence-corrected chi connectivity index (χ2v) is 8.94. The first-order valence-corrected chi connectivity index (χ1v) is 12.3. The van der Waals surface area contributed by atoms with Gasteiger partial charge in [0.2, 0.25) is 17.7 Å². The van der Waals surface area contributed by atoms with E-state index in [0.717, 1.165) is 4.90 Å². The highest BCUT2D eigenvalue weighted by Crippen LogP contribution is 2.08. The lowest BCUT2D eigenvalue weighted by molar-refractivity contribution is -0.137. The average molecular weight is 507 g/mol. The van der Waals surface area contributed by atoms with Crippen LogP contribution >= 0.6 is 0 Å². The Labute approximate surface area is 212 Å². The van der Waals surface area contributed by atoms with Gasteiger partial charge in [-0.2, -0.15) is 0 Å². The van der Waals surface area contributed by atoms with Crippen molar-refractivity contribution in [2.75, 3.05) is 13.1 Å². The van der Waals surface area contributed by atoms with Crippen molar-refractivity contribution in [2.45, 2.75) is 83.0 Å². The molecule has 4 atom stereocenters. The Bertz CT molecular complexity index is 831. The number of carbonyl (C=O) groups is 6. The summed E-state index contributed by atoms with van der Waals surface area (Å²) < 4.78 is 0. The van der Waals surface area contributed by atoms with Gasteiger partial charge in [0.25, 0.3) is 11.8 Å². The van der Waals surface area contributed by atoms with Crippen molar-refractivity contribution in [3.63, 3.8) is 0 Å². The number of nitrogens with one attached hydrogen (secondary N) is 3. The minimum absolute atomic E-state index is 0.0766. The van der Waals surface area contributed by atoms with Crippen molar-refractivity contribution >= 4 is 43.1 Å². The molecule has 0 saturated heterocycles. The molecule has 0 unspecified atom stereocenters. The molecule has 1 aliphatic heterocycles. The minimum atomic E-state index is -1.28. The standard InChI is InChI=1S/C23H38BN5O7/c1-14(21(24)34)26-22(35)16(8-5-6-12-25)27-23(36)20(15(2)30)28-17(31)9-4-3-7-13-29-18(32)10-11-19(29)33/h10-11,14-16,20,30H,3-9,12-13,24-25H2,1-2H3,(H,26,35)(H,27,36)(H,28,31)/t14-,15-,16+,20+/m1/s1. The zero-order chi connectivity index (χ0) is 27.3. The summed E-state index contributed by atoms with van der Waals surface area (Å²) in [5, 5.41) is 17.7. The molecule has 5 amide bonds. The Hall–Kier alpha value is -3.06. The number of hydrogen-bond acceptors (Lipinski definition) is 8. The summed E-state index contributed by atoms with van der Waals surface area (Å²) in [6.45, 7) is 3.57. The van der Waals surface area contributed by atoms with Crippen LogP contribution in [0.1, 0.15) is 58.8 Å². The molecule has 1 heterocycles. The molecule has 6 N–H and O–H groups in total. The fourth-order valence-electron chi connectivity index (χ4n) is 3.47. The maximum absolute atomic E-state index is 12.8. The van der Waals surface area contributed by atoms with E-state index in [-0.39, 0.29) is 36.9 Å². The van der Waals surface area contributed by atoms with Crippen molar-refractivity contribution < 1.29 is 33.9 Å². The van der Waals surface area contributed by atoms with Crippen molar-refractivity contribution in [2.24, 2.45) is 5.73 Å².